The standard InChI is InChI=1S/C18H14OP.BrH.Mg/c19-20(16-10-4-1-5-11-16,17-12-6-2-7-13-17)18-14-8-3-9-15-18;;/h1-2,4-15H;1H;/q-1;;+2/p-1. The zero-order chi connectivity index (χ0) is 13.8. The summed E-state index contributed by atoms with van der Waals surface area (Å²) in [6.07, 6.45) is 0. The van der Waals surface area contributed by atoms with Crippen LogP contribution in [0.1, 0.15) is 0 Å². The second kappa shape index (κ2) is 8.69. The quantitative estimate of drug-likeness (QED) is 0.347. The Hall–Kier alpha value is -0.864. The molecule has 4 heteroatoms. The molecule has 3 aromatic carbocycles. The summed E-state index contributed by atoms with van der Waals surface area (Å²) in [5.74, 6) is 0. The van der Waals surface area contributed by atoms with Crippen molar-refractivity contribution in [1.29, 1.82) is 0 Å². The van der Waals surface area contributed by atoms with E-state index in [2.05, 4.69) is 6.07 Å². The number of hydrogen-bond donors (Lipinski definition) is 0. The molecule has 0 aromatic heterocycles. The first-order valence-electron chi connectivity index (χ1n) is 6.50. The first-order chi connectivity index (χ1) is 9.82. The molecule has 0 heterocycles. The van der Waals surface area contributed by atoms with Gasteiger partial charge in [-0.15, -0.1) is 0 Å². The van der Waals surface area contributed by atoms with Gasteiger partial charge in [0.05, 0.1) is 0 Å². The molecule has 0 amide bonds. The zero-order valence-corrected chi connectivity index (χ0v) is 15.9. The van der Waals surface area contributed by atoms with Crippen molar-refractivity contribution >= 4 is 46.1 Å². The van der Waals surface area contributed by atoms with E-state index in [-0.39, 0.29) is 40.0 Å². The molecular formula is C18H14BrMgOP. The molecule has 0 N–H and O–H groups in total. The molecule has 0 aliphatic rings. The van der Waals surface area contributed by atoms with Crippen LogP contribution in [-0.2, 0) is 4.57 Å². The second-order valence-electron chi connectivity index (χ2n) is 4.54. The molecule has 0 bridgehead atoms. The molecular weight excluding hydrogens is 367 g/mol. The molecule has 0 atom stereocenters. The van der Waals surface area contributed by atoms with Crippen LogP contribution in [0.5, 0.6) is 0 Å². The SMILES string of the molecule is O=P(c1cc[c-]cc1)(c1ccccc1)c1ccccc1.[Br-].[Mg+2]. The number of rotatable bonds is 3. The van der Waals surface area contributed by atoms with Crippen molar-refractivity contribution in [2.45, 2.75) is 0 Å². The topological polar surface area (TPSA) is 17.1 Å². The molecule has 1 nitrogen and oxygen atoms in total. The summed E-state index contributed by atoms with van der Waals surface area (Å²) in [5.41, 5.74) is 0. The van der Waals surface area contributed by atoms with E-state index in [1.54, 1.807) is 0 Å². The largest absolute Gasteiger partial charge is 2.00 e. The van der Waals surface area contributed by atoms with Gasteiger partial charge in [0.15, 0.2) is 0 Å². The normalized spacial score (nSPS) is 10.2. The third-order valence-corrected chi connectivity index (χ3v) is 6.38. The molecule has 0 saturated heterocycles. The van der Waals surface area contributed by atoms with Crippen molar-refractivity contribution in [3.63, 3.8) is 0 Å². The molecule has 0 saturated carbocycles. The number of benzene rings is 3. The Balaban J connectivity index is 0.00000121. The Labute approximate surface area is 158 Å². The summed E-state index contributed by atoms with van der Waals surface area (Å²) < 4.78 is 13.8. The van der Waals surface area contributed by atoms with Crippen molar-refractivity contribution in [2.24, 2.45) is 0 Å². The minimum atomic E-state index is -2.80. The van der Waals surface area contributed by atoms with Crippen molar-refractivity contribution in [3.05, 3.63) is 91.0 Å². The molecule has 0 radical (unpaired) electrons. The van der Waals surface area contributed by atoms with Crippen molar-refractivity contribution in [3.8, 4) is 0 Å². The van der Waals surface area contributed by atoms with Gasteiger partial charge in [-0.2, -0.15) is 30.3 Å². The Morgan fingerprint density at radius 1 is 0.636 bits per heavy atom. The monoisotopic (exact) mass is 380 g/mol. The predicted molar refractivity (Wildman–Crippen MR) is 90.4 cm³/mol. The van der Waals surface area contributed by atoms with Crippen LogP contribution < -0.4 is 32.9 Å². The molecule has 0 aliphatic heterocycles. The molecule has 0 fully saturated rings. The van der Waals surface area contributed by atoms with Gasteiger partial charge in [-0.3, -0.25) is 0 Å². The van der Waals surface area contributed by atoms with Gasteiger partial charge in [0.1, 0.15) is 7.14 Å². The van der Waals surface area contributed by atoms with Crippen molar-refractivity contribution in [2.75, 3.05) is 0 Å². The van der Waals surface area contributed by atoms with Crippen LogP contribution >= 0.6 is 7.14 Å². The van der Waals surface area contributed by atoms with Gasteiger partial charge in [0, 0.05) is 10.6 Å². The van der Waals surface area contributed by atoms with Gasteiger partial charge in [0.25, 0.3) is 0 Å². The Morgan fingerprint density at radius 3 is 1.41 bits per heavy atom. The van der Waals surface area contributed by atoms with Crippen LogP contribution in [0.25, 0.3) is 0 Å². The van der Waals surface area contributed by atoms with E-state index in [0.717, 1.165) is 15.9 Å². The first-order valence-corrected chi connectivity index (χ1v) is 8.20. The summed E-state index contributed by atoms with van der Waals surface area (Å²) in [6, 6.07) is 29.7. The summed E-state index contributed by atoms with van der Waals surface area (Å²) in [7, 11) is -2.80. The van der Waals surface area contributed by atoms with Crippen LogP contribution in [0.3, 0.4) is 0 Å². The van der Waals surface area contributed by atoms with Gasteiger partial charge in [0.2, 0.25) is 0 Å². The Morgan fingerprint density at radius 2 is 1.00 bits per heavy atom. The minimum absolute atomic E-state index is 0. The van der Waals surface area contributed by atoms with Gasteiger partial charge < -0.3 is 21.5 Å². The third kappa shape index (κ3) is 3.72. The fourth-order valence-electron chi connectivity index (χ4n) is 2.31. The fourth-order valence-corrected chi connectivity index (χ4v) is 4.96. The summed E-state index contributed by atoms with van der Waals surface area (Å²) in [4.78, 5) is 0. The zero-order valence-electron chi connectivity index (χ0n) is 12.0. The Bertz CT molecular complexity index is 629. The predicted octanol–water partition coefficient (Wildman–Crippen LogP) is -0.251. The molecule has 0 spiro atoms. The van der Waals surface area contributed by atoms with E-state index in [1.807, 2.05) is 84.9 Å². The van der Waals surface area contributed by atoms with Crippen LogP contribution in [0.2, 0.25) is 0 Å². The molecule has 3 aromatic rings. The van der Waals surface area contributed by atoms with E-state index < -0.39 is 7.14 Å². The maximum absolute atomic E-state index is 13.8. The summed E-state index contributed by atoms with van der Waals surface area (Å²) in [5, 5.41) is 2.56. The van der Waals surface area contributed by atoms with Crippen LogP contribution in [-0.4, -0.2) is 23.1 Å². The summed E-state index contributed by atoms with van der Waals surface area (Å²) in [6.45, 7) is 0. The first kappa shape index (κ1) is 19.2. The maximum Gasteiger partial charge on any atom is 2.00 e. The van der Waals surface area contributed by atoms with Gasteiger partial charge in [-0.1, -0.05) is 66.0 Å². The van der Waals surface area contributed by atoms with Crippen molar-refractivity contribution < 1.29 is 21.5 Å². The average Bonchev–Trinajstić information content (AvgIpc) is 2.56. The number of hydrogen-bond acceptors (Lipinski definition) is 1. The van der Waals surface area contributed by atoms with Crippen LogP contribution in [0.4, 0.5) is 0 Å². The molecule has 0 unspecified atom stereocenters. The molecule has 106 valence electrons. The van der Waals surface area contributed by atoms with E-state index in [0.29, 0.717) is 0 Å². The fraction of sp³-hybridized carbons (Fsp3) is 0. The van der Waals surface area contributed by atoms with Gasteiger partial charge in [-0.05, 0) is 0 Å². The maximum atomic E-state index is 13.8. The number of halogens is 1. The second-order valence-corrected chi connectivity index (χ2v) is 7.31. The van der Waals surface area contributed by atoms with E-state index in [9.17, 15) is 4.57 Å². The smallest absolute Gasteiger partial charge is 1.00 e. The van der Waals surface area contributed by atoms with Gasteiger partial charge >= 0.3 is 23.1 Å². The molecule has 3 rings (SSSR count). The molecule has 22 heavy (non-hydrogen) atoms. The van der Waals surface area contributed by atoms with E-state index in [4.69, 9.17) is 0 Å². The molecule has 0 aliphatic carbocycles. The van der Waals surface area contributed by atoms with E-state index >= 15 is 0 Å². The minimum Gasteiger partial charge on any atom is -1.00 e. The van der Waals surface area contributed by atoms with Crippen LogP contribution in [0.15, 0.2) is 84.9 Å². The Kier molecular flexibility index (Phi) is 7.57. The van der Waals surface area contributed by atoms with Gasteiger partial charge in [-0.25, -0.2) is 0 Å². The summed E-state index contributed by atoms with van der Waals surface area (Å²) >= 11 is 0. The average molecular weight is 381 g/mol. The van der Waals surface area contributed by atoms with Crippen molar-refractivity contribution in [1.82, 2.24) is 0 Å². The third-order valence-electron chi connectivity index (χ3n) is 3.30. The van der Waals surface area contributed by atoms with Crippen LogP contribution in [0, 0.1) is 6.07 Å². The van der Waals surface area contributed by atoms with E-state index in [1.165, 1.54) is 0 Å².